The van der Waals surface area contributed by atoms with Crippen LogP contribution in [0.5, 0.6) is 11.5 Å². The molecule has 4 rings (SSSR count). The van der Waals surface area contributed by atoms with E-state index in [0.29, 0.717) is 28.5 Å². The van der Waals surface area contributed by atoms with E-state index in [1.165, 1.54) is 31.3 Å². The van der Waals surface area contributed by atoms with Crippen molar-refractivity contribution < 1.29 is 33.0 Å². The van der Waals surface area contributed by atoms with Crippen molar-refractivity contribution in [3.05, 3.63) is 81.7 Å². The van der Waals surface area contributed by atoms with Gasteiger partial charge in [-0.25, -0.2) is 4.79 Å². The van der Waals surface area contributed by atoms with Crippen LogP contribution >= 0.6 is 28.1 Å². The highest BCUT2D eigenvalue weighted by atomic mass is 79.9. The molecule has 1 aliphatic rings. The van der Waals surface area contributed by atoms with Crippen LogP contribution < -0.4 is 19.7 Å². The Kier molecular flexibility index (Phi) is 7.51. The fourth-order valence-electron chi connectivity index (χ4n) is 3.36. The van der Waals surface area contributed by atoms with Crippen LogP contribution in [0, 0.1) is 0 Å². The van der Waals surface area contributed by atoms with Gasteiger partial charge in [-0.15, -0.1) is 0 Å². The molecule has 0 saturated carbocycles. The van der Waals surface area contributed by atoms with Crippen molar-refractivity contribution in [1.82, 2.24) is 5.32 Å². The Hall–Kier alpha value is -3.96. The van der Waals surface area contributed by atoms with E-state index in [4.69, 9.17) is 26.1 Å². The number of anilines is 1. The first-order chi connectivity index (χ1) is 17.3. The van der Waals surface area contributed by atoms with E-state index in [1.54, 1.807) is 48.5 Å². The lowest BCUT2D eigenvalue weighted by atomic mass is 10.1. The van der Waals surface area contributed by atoms with E-state index in [9.17, 15) is 14.4 Å². The summed E-state index contributed by atoms with van der Waals surface area (Å²) in [7, 11) is 2.73. The molecule has 1 aliphatic heterocycles. The third-order valence-electron chi connectivity index (χ3n) is 5.10. The van der Waals surface area contributed by atoms with Crippen LogP contribution in [0.2, 0.25) is 0 Å². The molecule has 11 heteroatoms. The number of nitrogens with zero attached hydrogens (tertiary/aromatic N) is 1. The van der Waals surface area contributed by atoms with Crippen LogP contribution in [0.1, 0.15) is 21.9 Å². The summed E-state index contributed by atoms with van der Waals surface area (Å²) < 4.78 is 22.0. The zero-order valence-electron chi connectivity index (χ0n) is 19.1. The van der Waals surface area contributed by atoms with Crippen LogP contribution in [0.25, 0.3) is 6.08 Å². The standard InChI is InChI=1S/C25H19BrN2O7S/c1-32-21-12-14(3-9-19(21)34-13-17-8-10-20(35-17)24(31)33-2)11-18-22(29)27-25(36)28(23(18)30)16-6-4-15(26)5-7-16/h3-12H,13H2,1-2H3,(H,27,29,36). The van der Waals surface area contributed by atoms with Gasteiger partial charge in [0.15, 0.2) is 16.6 Å². The number of rotatable bonds is 7. The van der Waals surface area contributed by atoms with Gasteiger partial charge in [0.05, 0.1) is 19.9 Å². The van der Waals surface area contributed by atoms with Crippen LogP contribution in [-0.2, 0) is 20.9 Å². The summed E-state index contributed by atoms with van der Waals surface area (Å²) in [6.07, 6.45) is 1.45. The molecule has 0 atom stereocenters. The molecule has 184 valence electrons. The van der Waals surface area contributed by atoms with E-state index >= 15 is 0 Å². The fraction of sp³-hybridized carbons (Fsp3) is 0.120. The lowest BCUT2D eigenvalue weighted by molar-refractivity contribution is -0.122. The van der Waals surface area contributed by atoms with Crippen molar-refractivity contribution in [2.24, 2.45) is 0 Å². The largest absolute Gasteiger partial charge is 0.493 e. The first kappa shape index (κ1) is 25.1. The molecule has 1 N–H and O–H groups in total. The van der Waals surface area contributed by atoms with Gasteiger partial charge in [-0.1, -0.05) is 22.0 Å². The number of nitrogens with one attached hydrogen (secondary N) is 1. The lowest BCUT2D eigenvalue weighted by Crippen LogP contribution is -2.54. The van der Waals surface area contributed by atoms with Crippen LogP contribution in [0.3, 0.4) is 0 Å². The molecular weight excluding hydrogens is 552 g/mol. The Morgan fingerprint density at radius 2 is 1.83 bits per heavy atom. The number of amides is 2. The Morgan fingerprint density at radius 1 is 1.08 bits per heavy atom. The number of thiocarbonyl (C=S) groups is 1. The van der Waals surface area contributed by atoms with Crippen molar-refractivity contribution >= 4 is 62.8 Å². The fourth-order valence-corrected chi connectivity index (χ4v) is 3.90. The Labute approximate surface area is 219 Å². The average Bonchev–Trinajstić information content (AvgIpc) is 3.35. The highest BCUT2D eigenvalue weighted by molar-refractivity contribution is 9.10. The zero-order chi connectivity index (χ0) is 25.8. The maximum Gasteiger partial charge on any atom is 0.373 e. The molecular formula is C25H19BrN2O7S. The summed E-state index contributed by atoms with van der Waals surface area (Å²) in [4.78, 5) is 38.6. The van der Waals surface area contributed by atoms with Crippen molar-refractivity contribution in [3.63, 3.8) is 0 Å². The average molecular weight is 571 g/mol. The quantitative estimate of drug-likeness (QED) is 0.194. The molecule has 0 aliphatic carbocycles. The van der Waals surface area contributed by atoms with Gasteiger partial charge in [0.25, 0.3) is 11.8 Å². The minimum atomic E-state index is -0.600. The smallest absolute Gasteiger partial charge is 0.373 e. The third-order valence-corrected chi connectivity index (χ3v) is 5.92. The second-order valence-electron chi connectivity index (χ2n) is 7.39. The number of esters is 1. The highest BCUT2D eigenvalue weighted by Crippen LogP contribution is 2.31. The van der Waals surface area contributed by atoms with Crippen molar-refractivity contribution in [2.45, 2.75) is 6.61 Å². The summed E-state index contributed by atoms with van der Waals surface area (Å²) in [6.45, 7) is 0.0360. The molecule has 0 radical (unpaired) electrons. The normalized spacial score (nSPS) is 14.6. The Balaban J connectivity index is 1.55. The number of benzene rings is 2. The Morgan fingerprint density at radius 3 is 2.53 bits per heavy atom. The monoisotopic (exact) mass is 570 g/mol. The first-order valence-corrected chi connectivity index (χ1v) is 11.7. The van der Waals surface area contributed by atoms with Gasteiger partial charge in [0.1, 0.15) is 17.9 Å². The maximum atomic E-state index is 13.2. The molecule has 0 bridgehead atoms. The minimum Gasteiger partial charge on any atom is -0.493 e. The molecule has 1 fully saturated rings. The molecule has 3 aromatic rings. The molecule has 1 saturated heterocycles. The van der Waals surface area contributed by atoms with Gasteiger partial charge >= 0.3 is 5.97 Å². The second-order valence-corrected chi connectivity index (χ2v) is 8.69. The first-order valence-electron chi connectivity index (χ1n) is 10.5. The number of hydrogen-bond acceptors (Lipinski definition) is 8. The van der Waals surface area contributed by atoms with Crippen LogP contribution in [-0.4, -0.2) is 37.1 Å². The van der Waals surface area contributed by atoms with Gasteiger partial charge in [-0.2, -0.15) is 0 Å². The van der Waals surface area contributed by atoms with Gasteiger partial charge in [-0.05, 0) is 72.4 Å². The summed E-state index contributed by atoms with van der Waals surface area (Å²) in [5.74, 6) is -0.492. The number of ether oxygens (including phenoxy) is 3. The van der Waals surface area contributed by atoms with Gasteiger partial charge < -0.3 is 18.6 Å². The minimum absolute atomic E-state index is 0.000848. The van der Waals surface area contributed by atoms with E-state index in [0.717, 1.165) is 4.47 Å². The zero-order valence-corrected chi connectivity index (χ0v) is 21.5. The molecule has 36 heavy (non-hydrogen) atoms. The summed E-state index contributed by atoms with van der Waals surface area (Å²) in [6, 6.07) is 15.0. The number of hydrogen-bond donors (Lipinski definition) is 1. The molecule has 0 unspecified atom stereocenters. The molecule has 2 heterocycles. The summed E-state index contributed by atoms with van der Waals surface area (Å²) in [5, 5.41) is 2.55. The molecule has 2 amide bonds. The summed E-state index contributed by atoms with van der Waals surface area (Å²) >= 11 is 8.58. The van der Waals surface area contributed by atoms with Crippen molar-refractivity contribution in [1.29, 1.82) is 0 Å². The summed E-state index contributed by atoms with van der Waals surface area (Å²) in [5.41, 5.74) is 0.967. The Bertz CT molecular complexity index is 1380. The topological polar surface area (TPSA) is 107 Å². The van der Waals surface area contributed by atoms with Gasteiger partial charge in [0.2, 0.25) is 5.76 Å². The maximum absolute atomic E-state index is 13.2. The van der Waals surface area contributed by atoms with E-state index in [2.05, 4.69) is 26.0 Å². The number of halogens is 1. The number of carbonyl (C=O) groups excluding carboxylic acids is 3. The SMILES string of the molecule is COC(=O)c1ccc(COc2ccc(C=C3C(=O)NC(=S)N(c4ccc(Br)cc4)C3=O)cc2OC)o1. The molecule has 2 aromatic carbocycles. The second kappa shape index (κ2) is 10.8. The van der Waals surface area contributed by atoms with E-state index < -0.39 is 17.8 Å². The number of methoxy groups -OCH3 is 2. The number of furan rings is 1. The van der Waals surface area contributed by atoms with Gasteiger partial charge in [0, 0.05) is 4.47 Å². The van der Waals surface area contributed by atoms with Gasteiger partial charge in [-0.3, -0.25) is 19.8 Å². The van der Waals surface area contributed by atoms with Crippen molar-refractivity contribution in [3.8, 4) is 11.5 Å². The van der Waals surface area contributed by atoms with Crippen molar-refractivity contribution in [2.75, 3.05) is 19.1 Å². The number of carbonyl (C=O) groups is 3. The predicted octanol–water partition coefficient (Wildman–Crippen LogP) is 4.25. The van der Waals surface area contributed by atoms with Crippen LogP contribution in [0.4, 0.5) is 5.69 Å². The predicted molar refractivity (Wildman–Crippen MR) is 138 cm³/mol. The lowest BCUT2D eigenvalue weighted by Gasteiger charge is -2.29. The van der Waals surface area contributed by atoms with Crippen LogP contribution in [0.15, 0.2) is 69.1 Å². The third kappa shape index (κ3) is 5.31. The molecule has 0 spiro atoms. The molecule has 9 nitrogen and oxygen atoms in total. The van der Waals surface area contributed by atoms with E-state index in [1.807, 2.05) is 0 Å². The van der Waals surface area contributed by atoms with E-state index in [-0.39, 0.29) is 23.1 Å². The molecule has 1 aromatic heterocycles. The highest BCUT2D eigenvalue weighted by Gasteiger charge is 2.34.